The summed E-state index contributed by atoms with van der Waals surface area (Å²) in [7, 11) is 1.61. The van der Waals surface area contributed by atoms with Gasteiger partial charge in [-0.05, 0) is 48.4 Å². The molecule has 0 unspecified atom stereocenters. The Balaban J connectivity index is 1.64. The van der Waals surface area contributed by atoms with Gasteiger partial charge in [-0.15, -0.1) is 0 Å². The van der Waals surface area contributed by atoms with Gasteiger partial charge in [0.15, 0.2) is 0 Å². The third-order valence-corrected chi connectivity index (χ3v) is 5.50. The van der Waals surface area contributed by atoms with E-state index in [1.807, 2.05) is 12.3 Å². The van der Waals surface area contributed by atoms with Gasteiger partial charge in [-0.3, -0.25) is 14.4 Å². The summed E-state index contributed by atoms with van der Waals surface area (Å²) in [6.07, 6.45) is 7.82. The maximum atomic E-state index is 14.7. The third-order valence-electron chi connectivity index (χ3n) is 5.50. The maximum absolute atomic E-state index is 14.7. The Morgan fingerprint density at radius 1 is 1.43 bits per heavy atom. The minimum atomic E-state index is -0.409. The number of hydrogen-bond acceptors (Lipinski definition) is 4. The molecule has 1 amide bonds. The van der Waals surface area contributed by atoms with E-state index in [1.54, 1.807) is 29.0 Å². The van der Waals surface area contributed by atoms with Crippen molar-refractivity contribution in [3.05, 3.63) is 58.9 Å². The molecule has 2 aromatic rings. The number of carbonyl (C=O) groups excluding carboxylic acids is 1. The van der Waals surface area contributed by atoms with Crippen molar-refractivity contribution in [3.63, 3.8) is 0 Å². The quantitative estimate of drug-likeness (QED) is 0.821. The predicted molar refractivity (Wildman–Crippen MR) is 102 cm³/mol. The number of aliphatic imine (C=N–C) groups is 1. The third kappa shape index (κ3) is 2.86. The lowest BCUT2D eigenvalue weighted by molar-refractivity contribution is -0.126. The highest BCUT2D eigenvalue weighted by atomic mass is 19.1. The summed E-state index contributed by atoms with van der Waals surface area (Å²) in [6, 6.07) is 1.43. The fourth-order valence-corrected chi connectivity index (χ4v) is 4.05. The van der Waals surface area contributed by atoms with Crippen LogP contribution in [0.15, 0.2) is 35.7 Å². The van der Waals surface area contributed by atoms with Gasteiger partial charge in [0.1, 0.15) is 24.5 Å². The highest BCUT2D eigenvalue weighted by molar-refractivity contribution is 6.06. The molecule has 0 bridgehead atoms. The van der Waals surface area contributed by atoms with E-state index in [0.29, 0.717) is 36.7 Å². The number of nitrogens with zero attached hydrogens (tertiary/aromatic N) is 4. The van der Waals surface area contributed by atoms with Crippen LogP contribution in [0.4, 0.5) is 4.39 Å². The monoisotopic (exact) mass is 381 g/mol. The molecule has 3 heterocycles. The predicted octanol–water partition coefficient (Wildman–Crippen LogP) is 2.73. The molecule has 0 saturated heterocycles. The number of fused-ring (bicyclic) bond motifs is 3. The van der Waals surface area contributed by atoms with E-state index in [0.717, 1.165) is 29.7 Å². The molecule has 6 nitrogen and oxygen atoms in total. The summed E-state index contributed by atoms with van der Waals surface area (Å²) in [6.45, 7) is 0.916. The normalized spacial score (nSPS) is 19.4. The van der Waals surface area contributed by atoms with Crippen molar-refractivity contribution in [2.75, 3.05) is 20.2 Å². The lowest BCUT2D eigenvalue weighted by Crippen LogP contribution is -2.36. The van der Waals surface area contributed by atoms with Gasteiger partial charge in [-0.1, -0.05) is 0 Å². The van der Waals surface area contributed by atoms with E-state index in [-0.39, 0.29) is 24.4 Å². The van der Waals surface area contributed by atoms with Crippen molar-refractivity contribution >= 4 is 17.4 Å². The second kappa shape index (κ2) is 6.67. The highest BCUT2D eigenvalue weighted by Crippen LogP contribution is 2.46. The molecule has 0 N–H and O–H groups in total. The Kier molecular flexibility index (Phi) is 3.85. The average Bonchev–Trinajstić information content (AvgIpc) is 3.46. The number of aromatic nitrogens is 2. The second-order valence-electron chi connectivity index (χ2n) is 7.39. The number of imidazole rings is 1. The molecule has 2 aliphatic heterocycles. The number of methoxy groups -OCH3 is 1. The number of allylic oxidation sites excluding steroid dienone is 1. The largest absolute Gasteiger partial charge is 0.378 e. The van der Waals surface area contributed by atoms with Crippen LogP contribution >= 0.6 is 0 Å². The first-order chi connectivity index (χ1) is 14.1. The van der Waals surface area contributed by atoms with Gasteiger partial charge in [-0.2, -0.15) is 0 Å². The maximum Gasteiger partial charge on any atom is 0.248 e. The highest BCUT2D eigenvalue weighted by Gasteiger charge is 2.35. The number of halogens is 1. The standard InChI is InChI=1S/C21H21FN4O2/c1-28-11-14-10-25(12-24-14)19-8-18-15-4-5-17(22)21(13-2-3-13)16(15)6-7-26(18)20(27)9-23-19/h4-5,8,10,12-13H,2-3,6-7,9,11H2,1H3/i5D. The molecule has 144 valence electrons. The molecule has 1 aromatic heterocycles. The Bertz CT molecular complexity index is 1070. The average molecular weight is 381 g/mol. The summed E-state index contributed by atoms with van der Waals surface area (Å²) in [4.78, 5) is 23.2. The van der Waals surface area contributed by atoms with Crippen molar-refractivity contribution in [1.29, 1.82) is 0 Å². The van der Waals surface area contributed by atoms with Crippen molar-refractivity contribution in [2.45, 2.75) is 31.8 Å². The molecule has 1 fully saturated rings. The summed E-state index contributed by atoms with van der Waals surface area (Å²) < 4.78 is 29.8. The lowest BCUT2D eigenvalue weighted by Gasteiger charge is -2.32. The number of hydrogen-bond donors (Lipinski definition) is 0. The van der Waals surface area contributed by atoms with Crippen LogP contribution in [0, 0.1) is 5.82 Å². The van der Waals surface area contributed by atoms with Crippen LogP contribution in [-0.4, -0.2) is 46.4 Å². The van der Waals surface area contributed by atoms with Crippen molar-refractivity contribution < 1.29 is 15.3 Å². The molecule has 1 saturated carbocycles. The number of rotatable bonds is 3. The van der Waals surface area contributed by atoms with Crippen LogP contribution in [0.1, 0.15) is 42.5 Å². The number of benzene rings is 1. The van der Waals surface area contributed by atoms with E-state index in [1.165, 1.54) is 0 Å². The second-order valence-corrected chi connectivity index (χ2v) is 7.39. The first-order valence-electron chi connectivity index (χ1n) is 9.97. The minimum absolute atomic E-state index is 0.0346. The van der Waals surface area contributed by atoms with Crippen molar-refractivity contribution in [1.82, 2.24) is 14.5 Å². The van der Waals surface area contributed by atoms with E-state index in [2.05, 4.69) is 9.98 Å². The molecule has 1 aliphatic carbocycles. The molecule has 0 atom stereocenters. The van der Waals surface area contributed by atoms with Gasteiger partial charge in [0.05, 0.1) is 19.4 Å². The fourth-order valence-electron chi connectivity index (χ4n) is 4.05. The van der Waals surface area contributed by atoms with Gasteiger partial charge >= 0.3 is 0 Å². The van der Waals surface area contributed by atoms with Gasteiger partial charge in [0, 0.05) is 31.5 Å². The molecular weight excluding hydrogens is 359 g/mol. The van der Waals surface area contributed by atoms with E-state index in [4.69, 9.17) is 6.11 Å². The molecule has 0 radical (unpaired) electrons. The topological polar surface area (TPSA) is 59.7 Å². The van der Waals surface area contributed by atoms with Crippen molar-refractivity contribution in [2.24, 2.45) is 4.99 Å². The lowest BCUT2D eigenvalue weighted by atomic mass is 9.89. The van der Waals surface area contributed by atoms with E-state index in [9.17, 15) is 9.18 Å². The van der Waals surface area contributed by atoms with Crippen LogP contribution in [0.2, 0.25) is 0 Å². The molecule has 1 aromatic carbocycles. The Morgan fingerprint density at radius 3 is 3.07 bits per heavy atom. The van der Waals surface area contributed by atoms with Gasteiger partial charge in [0.25, 0.3) is 0 Å². The van der Waals surface area contributed by atoms with Crippen LogP contribution < -0.4 is 0 Å². The molecule has 7 heteroatoms. The number of amides is 1. The zero-order valence-corrected chi connectivity index (χ0v) is 15.6. The summed E-state index contributed by atoms with van der Waals surface area (Å²) in [5.41, 5.74) is 3.82. The molecule has 3 aliphatic rings. The smallest absolute Gasteiger partial charge is 0.248 e. The SMILES string of the molecule is [2H]c1cc2c(c(C3CC3)c1F)CCN1C(=O)CN=C(n3cnc(COC)c3)C=C21. The fraction of sp³-hybridized carbons (Fsp3) is 0.381. The molecular formula is C21H21FN4O2. The van der Waals surface area contributed by atoms with Crippen LogP contribution in [0.25, 0.3) is 5.70 Å². The Hall–Kier alpha value is -2.80. The summed E-state index contributed by atoms with van der Waals surface area (Å²) in [5, 5.41) is 0. The summed E-state index contributed by atoms with van der Waals surface area (Å²) >= 11 is 0. The van der Waals surface area contributed by atoms with Crippen LogP contribution in [-0.2, 0) is 22.6 Å². The van der Waals surface area contributed by atoms with E-state index >= 15 is 0 Å². The van der Waals surface area contributed by atoms with Crippen LogP contribution in [0.3, 0.4) is 0 Å². The number of ether oxygens (including phenoxy) is 1. The van der Waals surface area contributed by atoms with Gasteiger partial charge in [0.2, 0.25) is 5.91 Å². The Labute approximate surface area is 163 Å². The first-order valence-corrected chi connectivity index (χ1v) is 9.47. The zero-order valence-electron chi connectivity index (χ0n) is 16.6. The number of carbonyl (C=O) groups is 1. The molecule has 5 rings (SSSR count). The molecule has 28 heavy (non-hydrogen) atoms. The van der Waals surface area contributed by atoms with Gasteiger partial charge in [-0.25, -0.2) is 9.37 Å². The van der Waals surface area contributed by atoms with Gasteiger partial charge < -0.3 is 9.64 Å². The zero-order chi connectivity index (χ0) is 20.1. The summed E-state index contributed by atoms with van der Waals surface area (Å²) in [5.74, 6) is 0.273. The van der Waals surface area contributed by atoms with Crippen molar-refractivity contribution in [3.8, 4) is 0 Å². The Morgan fingerprint density at radius 2 is 2.29 bits per heavy atom. The van der Waals surface area contributed by atoms with Crippen LogP contribution in [0.5, 0.6) is 0 Å². The van der Waals surface area contributed by atoms with E-state index < -0.39 is 5.82 Å². The molecule has 0 spiro atoms. The minimum Gasteiger partial charge on any atom is -0.378 e. The first kappa shape index (κ1) is 16.2.